The number of hydrogen-bond acceptors (Lipinski definition) is 3. The third-order valence-electron chi connectivity index (χ3n) is 5.45. The molecule has 3 heterocycles. The summed E-state index contributed by atoms with van der Waals surface area (Å²) < 4.78 is 18.9. The maximum atomic E-state index is 13.1. The molecule has 1 amide bonds. The number of aromatic amines is 1. The minimum absolute atomic E-state index is 0.126. The molecule has 0 saturated carbocycles. The van der Waals surface area contributed by atoms with Gasteiger partial charge < -0.3 is 14.3 Å². The molecule has 2 aromatic heterocycles. The predicted octanol–water partition coefficient (Wildman–Crippen LogP) is 4.98. The number of amides is 1. The van der Waals surface area contributed by atoms with Gasteiger partial charge in [-0.2, -0.15) is 0 Å². The number of benzene rings is 2. The molecular weight excluding hydrogens is 369 g/mol. The van der Waals surface area contributed by atoms with Gasteiger partial charge in [0.1, 0.15) is 17.4 Å². The van der Waals surface area contributed by atoms with Crippen molar-refractivity contribution in [3.05, 3.63) is 78.1 Å². The minimum atomic E-state index is -0.304. The van der Waals surface area contributed by atoms with E-state index in [1.807, 2.05) is 29.2 Å². The van der Waals surface area contributed by atoms with Crippen molar-refractivity contribution in [2.75, 3.05) is 13.1 Å². The first-order valence-corrected chi connectivity index (χ1v) is 9.77. The van der Waals surface area contributed by atoms with E-state index in [0.717, 1.165) is 35.3 Å². The fourth-order valence-corrected chi connectivity index (χ4v) is 3.93. The number of piperidine rings is 1. The number of imidazole rings is 1. The monoisotopic (exact) mass is 389 g/mol. The summed E-state index contributed by atoms with van der Waals surface area (Å²) in [5.74, 6) is 1.52. The Bertz CT molecular complexity index is 1130. The third-order valence-corrected chi connectivity index (χ3v) is 5.45. The quantitative estimate of drug-likeness (QED) is 0.537. The van der Waals surface area contributed by atoms with E-state index in [4.69, 9.17) is 9.40 Å². The molecule has 1 aliphatic rings. The summed E-state index contributed by atoms with van der Waals surface area (Å²) in [5.41, 5.74) is 2.70. The molecule has 1 fully saturated rings. The van der Waals surface area contributed by atoms with E-state index in [1.54, 1.807) is 24.3 Å². The molecule has 0 unspecified atom stereocenters. The Balaban J connectivity index is 1.34. The number of carbonyl (C=O) groups excluding carboxylic acids is 1. The van der Waals surface area contributed by atoms with Crippen molar-refractivity contribution in [2.24, 2.45) is 0 Å². The van der Waals surface area contributed by atoms with E-state index in [2.05, 4.69) is 4.98 Å². The summed E-state index contributed by atoms with van der Waals surface area (Å²) >= 11 is 0. The molecule has 0 aliphatic carbocycles. The highest BCUT2D eigenvalue weighted by Gasteiger charge is 2.28. The number of hydrogen-bond donors (Lipinski definition) is 1. The number of para-hydroxylation sites is 2. The summed E-state index contributed by atoms with van der Waals surface area (Å²) in [6.45, 7) is 1.30. The first kappa shape index (κ1) is 17.7. The molecule has 4 aromatic rings. The standard InChI is InChI=1S/C23H20FN3O2/c24-17-9-7-15(8-10-17)20-11-12-21(29-20)23(28)27-13-3-4-16(14-27)22-25-18-5-1-2-6-19(18)26-22/h1-2,5-12,16H,3-4,13-14H2,(H,25,26)/t16-/m1/s1. The number of rotatable bonds is 3. The van der Waals surface area contributed by atoms with Crippen molar-refractivity contribution in [2.45, 2.75) is 18.8 Å². The van der Waals surface area contributed by atoms with Crippen molar-refractivity contribution < 1.29 is 13.6 Å². The topological polar surface area (TPSA) is 62.1 Å². The number of likely N-dealkylation sites (tertiary alicyclic amines) is 1. The molecule has 5 rings (SSSR count). The maximum absolute atomic E-state index is 13.1. The van der Waals surface area contributed by atoms with Crippen LogP contribution in [-0.4, -0.2) is 33.9 Å². The Hall–Kier alpha value is -3.41. The molecule has 1 aliphatic heterocycles. The van der Waals surface area contributed by atoms with Crippen molar-refractivity contribution in [3.63, 3.8) is 0 Å². The van der Waals surface area contributed by atoms with Crippen LogP contribution in [0.25, 0.3) is 22.4 Å². The van der Waals surface area contributed by atoms with Crippen LogP contribution in [0.3, 0.4) is 0 Å². The van der Waals surface area contributed by atoms with Gasteiger partial charge in [0.15, 0.2) is 5.76 Å². The molecule has 6 heteroatoms. The van der Waals surface area contributed by atoms with Gasteiger partial charge in [-0.05, 0) is 61.4 Å². The van der Waals surface area contributed by atoms with E-state index >= 15 is 0 Å². The maximum Gasteiger partial charge on any atom is 0.289 e. The molecule has 0 radical (unpaired) electrons. The number of H-pyrrole nitrogens is 1. The Kier molecular flexibility index (Phi) is 4.39. The van der Waals surface area contributed by atoms with Crippen LogP contribution < -0.4 is 0 Å². The second-order valence-electron chi connectivity index (χ2n) is 7.40. The molecule has 1 N–H and O–H groups in total. The summed E-state index contributed by atoms with van der Waals surface area (Å²) in [6.07, 6.45) is 1.90. The largest absolute Gasteiger partial charge is 0.451 e. The van der Waals surface area contributed by atoms with Gasteiger partial charge in [-0.3, -0.25) is 4.79 Å². The summed E-state index contributed by atoms with van der Waals surface area (Å²) in [6, 6.07) is 17.4. The molecule has 1 saturated heterocycles. The van der Waals surface area contributed by atoms with Crippen LogP contribution >= 0.6 is 0 Å². The van der Waals surface area contributed by atoms with Crippen molar-refractivity contribution >= 4 is 16.9 Å². The van der Waals surface area contributed by atoms with Crippen molar-refractivity contribution in [1.29, 1.82) is 0 Å². The second-order valence-corrected chi connectivity index (χ2v) is 7.40. The predicted molar refractivity (Wildman–Crippen MR) is 108 cm³/mol. The van der Waals surface area contributed by atoms with Crippen LogP contribution in [0.1, 0.15) is 35.1 Å². The molecule has 5 nitrogen and oxygen atoms in total. The van der Waals surface area contributed by atoms with Gasteiger partial charge in [0.05, 0.1) is 11.0 Å². The van der Waals surface area contributed by atoms with Gasteiger partial charge in [-0.25, -0.2) is 9.37 Å². The zero-order valence-electron chi connectivity index (χ0n) is 15.8. The van der Waals surface area contributed by atoms with E-state index in [9.17, 15) is 9.18 Å². The van der Waals surface area contributed by atoms with Crippen LogP contribution in [-0.2, 0) is 0 Å². The molecule has 29 heavy (non-hydrogen) atoms. The lowest BCUT2D eigenvalue weighted by Crippen LogP contribution is -2.39. The Labute approximate surface area is 167 Å². The minimum Gasteiger partial charge on any atom is -0.451 e. The first-order valence-electron chi connectivity index (χ1n) is 9.77. The lowest BCUT2D eigenvalue weighted by atomic mass is 9.97. The molecule has 0 spiro atoms. The number of nitrogens with zero attached hydrogens (tertiary/aromatic N) is 2. The Morgan fingerprint density at radius 3 is 2.76 bits per heavy atom. The van der Waals surface area contributed by atoms with Crippen LogP contribution in [0.4, 0.5) is 4.39 Å². The molecule has 1 atom stereocenters. The zero-order chi connectivity index (χ0) is 19.8. The fraction of sp³-hybridized carbons (Fsp3) is 0.217. The van der Waals surface area contributed by atoms with Crippen LogP contribution in [0.15, 0.2) is 65.1 Å². The number of aromatic nitrogens is 2. The van der Waals surface area contributed by atoms with Crippen LogP contribution in [0, 0.1) is 5.82 Å². The molecule has 2 aromatic carbocycles. The number of furan rings is 1. The molecule has 0 bridgehead atoms. The Morgan fingerprint density at radius 2 is 1.93 bits per heavy atom. The van der Waals surface area contributed by atoms with Gasteiger partial charge in [0, 0.05) is 24.6 Å². The average Bonchev–Trinajstić information content (AvgIpc) is 3.41. The lowest BCUT2D eigenvalue weighted by molar-refractivity contribution is 0.0673. The smallest absolute Gasteiger partial charge is 0.289 e. The highest BCUT2D eigenvalue weighted by atomic mass is 19.1. The highest BCUT2D eigenvalue weighted by Crippen LogP contribution is 2.29. The van der Waals surface area contributed by atoms with E-state index in [-0.39, 0.29) is 17.6 Å². The summed E-state index contributed by atoms with van der Waals surface area (Å²) in [5, 5.41) is 0. The summed E-state index contributed by atoms with van der Waals surface area (Å²) in [7, 11) is 0. The average molecular weight is 389 g/mol. The van der Waals surface area contributed by atoms with Gasteiger partial charge in [0.25, 0.3) is 5.91 Å². The molecular formula is C23H20FN3O2. The van der Waals surface area contributed by atoms with E-state index in [0.29, 0.717) is 24.6 Å². The third kappa shape index (κ3) is 3.42. The normalized spacial score (nSPS) is 17.0. The van der Waals surface area contributed by atoms with Gasteiger partial charge in [0.2, 0.25) is 0 Å². The summed E-state index contributed by atoms with van der Waals surface area (Å²) in [4.78, 5) is 22.9. The SMILES string of the molecule is O=C(c1ccc(-c2ccc(F)cc2)o1)N1CCC[C@@H](c2nc3ccccc3[nH]2)C1. The number of fused-ring (bicyclic) bond motifs is 1. The number of nitrogens with one attached hydrogen (secondary N) is 1. The van der Waals surface area contributed by atoms with Gasteiger partial charge in [-0.1, -0.05) is 12.1 Å². The zero-order valence-corrected chi connectivity index (χ0v) is 15.8. The highest BCUT2D eigenvalue weighted by molar-refractivity contribution is 5.92. The van der Waals surface area contributed by atoms with Crippen LogP contribution in [0.2, 0.25) is 0 Å². The number of carbonyl (C=O) groups is 1. The lowest BCUT2D eigenvalue weighted by Gasteiger charge is -2.31. The van der Waals surface area contributed by atoms with Gasteiger partial charge >= 0.3 is 0 Å². The van der Waals surface area contributed by atoms with Crippen molar-refractivity contribution in [1.82, 2.24) is 14.9 Å². The van der Waals surface area contributed by atoms with E-state index in [1.165, 1.54) is 12.1 Å². The fourth-order valence-electron chi connectivity index (χ4n) is 3.93. The van der Waals surface area contributed by atoms with Crippen LogP contribution in [0.5, 0.6) is 0 Å². The van der Waals surface area contributed by atoms with Crippen molar-refractivity contribution in [3.8, 4) is 11.3 Å². The second kappa shape index (κ2) is 7.20. The van der Waals surface area contributed by atoms with E-state index < -0.39 is 0 Å². The first-order chi connectivity index (χ1) is 14.2. The molecule has 146 valence electrons. The number of halogens is 1. The Morgan fingerprint density at radius 1 is 1.10 bits per heavy atom. The van der Waals surface area contributed by atoms with Gasteiger partial charge in [-0.15, -0.1) is 0 Å².